The van der Waals surface area contributed by atoms with Crippen molar-refractivity contribution < 1.29 is 14.7 Å². The maximum absolute atomic E-state index is 12.0. The van der Waals surface area contributed by atoms with Crippen LogP contribution in [0, 0.1) is 5.92 Å². The third-order valence-electron chi connectivity index (χ3n) is 3.66. The Kier molecular flexibility index (Phi) is 5.76. The monoisotopic (exact) mass is 354 g/mol. The highest BCUT2D eigenvalue weighted by atomic mass is 79.9. The van der Waals surface area contributed by atoms with E-state index in [1.807, 2.05) is 6.07 Å². The molecule has 0 radical (unpaired) electrons. The Morgan fingerprint density at radius 2 is 2.24 bits per heavy atom. The van der Waals surface area contributed by atoms with E-state index < -0.39 is 0 Å². The summed E-state index contributed by atoms with van der Waals surface area (Å²) in [7, 11) is 0. The fourth-order valence-electron chi connectivity index (χ4n) is 2.48. The van der Waals surface area contributed by atoms with Crippen LogP contribution < -0.4 is 5.32 Å². The van der Waals surface area contributed by atoms with Crippen LogP contribution in [-0.2, 0) is 4.79 Å². The number of nitrogens with one attached hydrogen (secondary N) is 1. The molecule has 114 valence electrons. The lowest BCUT2D eigenvalue weighted by molar-refractivity contribution is -0.129. The summed E-state index contributed by atoms with van der Waals surface area (Å²) in [6.07, 6.45) is 1.65. The summed E-state index contributed by atoms with van der Waals surface area (Å²) in [5.74, 6) is 0.0503. The number of carbonyl (C=O) groups is 2. The highest BCUT2D eigenvalue weighted by molar-refractivity contribution is 9.10. The number of benzene rings is 1. The molecule has 1 unspecified atom stereocenters. The fraction of sp³-hybridized carbons (Fsp3) is 0.467. The van der Waals surface area contributed by atoms with Crippen molar-refractivity contribution in [3.63, 3.8) is 0 Å². The topological polar surface area (TPSA) is 69.6 Å². The van der Waals surface area contributed by atoms with Gasteiger partial charge in [0, 0.05) is 29.7 Å². The lowest BCUT2D eigenvalue weighted by Gasteiger charge is -2.16. The predicted molar refractivity (Wildman–Crippen MR) is 82.9 cm³/mol. The number of halogens is 1. The van der Waals surface area contributed by atoms with Crippen molar-refractivity contribution in [2.24, 2.45) is 5.92 Å². The van der Waals surface area contributed by atoms with Gasteiger partial charge in [-0.1, -0.05) is 22.0 Å². The van der Waals surface area contributed by atoms with E-state index in [9.17, 15) is 9.59 Å². The van der Waals surface area contributed by atoms with Crippen molar-refractivity contribution in [2.75, 3.05) is 26.2 Å². The molecule has 0 aromatic heterocycles. The minimum absolute atomic E-state index is 0.0111. The zero-order valence-electron chi connectivity index (χ0n) is 11.7. The summed E-state index contributed by atoms with van der Waals surface area (Å²) < 4.78 is 0.827. The van der Waals surface area contributed by atoms with Gasteiger partial charge < -0.3 is 15.3 Å². The van der Waals surface area contributed by atoms with Gasteiger partial charge in [0.05, 0.1) is 6.54 Å². The molecule has 1 atom stereocenters. The van der Waals surface area contributed by atoms with Gasteiger partial charge in [-0.15, -0.1) is 0 Å². The van der Waals surface area contributed by atoms with E-state index in [1.165, 1.54) is 0 Å². The number of nitrogens with zero attached hydrogens (tertiary/aromatic N) is 1. The summed E-state index contributed by atoms with van der Waals surface area (Å²) in [5.41, 5.74) is 0.525. The number of carbonyl (C=O) groups excluding carboxylic acids is 2. The molecule has 0 spiro atoms. The number of likely N-dealkylation sites (tertiary alicyclic amines) is 1. The standard InChI is InChI=1S/C15H19BrN2O3/c16-13-3-1-2-12(8-13)15(21)17-9-14(20)18-6-4-11(10-18)5-7-19/h1-3,8,11,19H,4-7,9-10H2,(H,17,21). The van der Waals surface area contributed by atoms with Gasteiger partial charge >= 0.3 is 0 Å². The Morgan fingerprint density at radius 3 is 2.95 bits per heavy atom. The quantitative estimate of drug-likeness (QED) is 0.839. The van der Waals surface area contributed by atoms with Crippen LogP contribution in [0.4, 0.5) is 0 Å². The van der Waals surface area contributed by atoms with Gasteiger partial charge in [-0.05, 0) is 37.0 Å². The number of hydrogen-bond donors (Lipinski definition) is 2. The summed E-state index contributed by atoms with van der Waals surface area (Å²) in [4.78, 5) is 25.7. The van der Waals surface area contributed by atoms with Crippen LogP contribution in [0.2, 0.25) is 0 Å². The second kappa shape index (κ2) is 7.56. The molecule has 2 N–H and O–H groups in total. The number of hydrogen-bond acceptors (Lipinski definition) is 3. The van der Waals surface area contributed by atoms with Gasteiger partial charge in [0.25, 0.3) is 5.91 Å². The normalized spacial score (nSPS) is 17.8. The van der Waals surface area contributed by atoms with E-state index in [1.54, 1.807) is 23.1 Å². The van der Waals surface area contributed by atoms with Crippen LogP contribution in [0.15, 0.2) is 28.7 Å². The summed E-state index contributed by atoms with van der Waals surface area (Å²) in [5, 5.41) is 11.6. The molecular weight excluding hydrogens is 336 g/mol. The molecular formula is C15H19BrN2O3. The smallest absolute Gasteiger partial charge is 0.251 e. The van der Waals surface area contributed by atoms with Crippen LogP contribution in [0.1, 0.15) is 23.2 Å². The van der Waals surface area contributed by atoms with Gasteiger partial charge in [0.2, 0.25) is 5.91 Å². The zero-order chi connectivity index (χ0) is 15.2. The van der Waals surface area contributed by atoms with Crippen LogP contribution >= 0.6 is 15.9 Å². The molecule has 1 fully saturated rings. The average Bonchev–Trinajstić information content (AvgIpc) is 2.93. The molecule has 0 saturated carbocycles. The number of amides is 2. The van der Waals surface area contributed by atoms with Gasteiger partial charge in [-0.3, -0.25) is 9.59 Å². The molecule has 1 aliphatic heterocycles. The third kappa shape index (κ3) is 4.54. The van der Waals surface area contributed by atoms with E-state index in [-0.39, 0.29) is 25.0 Å². The second-order valence-electron chi connectivity index (χ2n) is 5.20. The second-order valence-corrected chi connectivity index (χ2v) is 6.12. The molecule has 1 saturated heterocycles. The molecule has 1 aromatic carbocycles. The first-order chi connectivity index (χ1) is 10.1. The molecule has 5 nitrogen and oxygen atoms in total. The van der Waals surface area contributed by atoms with Crippen LogP contribution in [0.5, 0.6) is 0 Å². The highest BCUT2D eigenvalue weighted by Gasteiger charge is 2.25. The molecule has 0 aliphatic carbocycles. The van der Waals surface area contributed by atoms with Gasteiger partial charge in [0.1, 0.15) is 0 Å². The van der Waals surface area contributed by atoms with Crippen molar-refractivity contribution in [2.45, 2.75) is 12.8 Å². The van der Waals surface area contributed by atoms with Crippen molar-refractivity contribution in [3.05, 3.63) is 34.3 Å². The Labute approximate surface area is 132 Å². The van der Waals surface area contributed by atoms with Gasteiger partial charge in [-0.2, -0.15) is 0 Å². The summed E-state index contributed by atoms with van der Waals surface area (Å²) in [6.45, 7) is 1.55. The van der Waals surface area contributed by atoms with E-state index in [0.29, 0.717) is 24.6 Å². The predicted octanol–water partition coefficient (Wildman–Crippen LogP) is 1.41. The van der Waals surface area contributed by atoms with E-state index >= 15 is 0 Å². The maximum Gasteiger partial charge on any atom is 0.251 e. The molecule has 2 rings (SSSR count). The fourth-order valence-corrected chi connectivity index (χ4v) is 2.88. The lowest BCUT2D eigenvalue weighted by Crippen LogP contribution is -2.39. The van der Waals surface area contributed by atoms with Crippen LogP contribution in [0.25, 0.3) is 0 Å². The Bertz CT molecular complexity index is 521. The van der Waals surface area contributed by atoms with Crippen molar-refractivity contribution >= 4 is 27.7 Å². The Morgan fingerprint density at radius 1 is 1.43 bits per heavy atom. The molecule has 6 heteroatoms. The first-order valence-corrected chi connectivity index (χ1v) is 7.82. The van der Waals surface area contributed by atoms with Crippen LogP contribution in [-0.4, -0.2) is 48.1 Å². The zero-order valence-corrected chi connectivity index (χ0v) is 13.3. The van der Waals surface area contributed by atoms with Crippen molar-refractivity contribution in [1.29, 1.82) is 0 Å². The molecule has 2 amide bonds. The van der Waals surface area contributed by atoms with Gasteiger partial charge in [-0.25, -0.2) is 0 Å². The average molecular weight is 355 g/mol. The van der Waals surface area contributed by atoms with Crippen molar-refractivity contribution in [3.8, 4) is 0 Å². The minimum atomic E-state index is -0.254. The minimum Gasteiger partial charge on any atom is -0.396 e. The van der Waals surface area contributed by atoms with E-state index in [2.05, 4.69) is 21.2 Å². The first-order valence-electron chi connectivity index (χ1n) is 7.02. The number of aliphatic hydroxyl groups excluding tert-OH is 1. The largest absolute Gasteiger partial charge is 0.396 e. The lowest BCUT2D eigenvalue weighted by atomic mass is 10.1. The Hall–Kier alpha value is -1.40. The molecule has 0 bridgehead atoms. The van der Waals surface area contributed by atoms with Crippen molar-refractivity contribution in [1.82, 2.24) is 10.2 Å². The molecule has 21 heavy (non-hydrogen) atoms. The molecule has 1 aromatic rings. The summed E-state index contributed by atoms with van der Waals surface area (Å²) in [6, 6.07) is 7.04. The van der Waals surface area contributed by atoms with Gasteiger partial charge in [0.15, 0.2) is 0 Å². The highest BCUT2D eigenvalue weighted by Crippen LogP contribution is 2.19. The molecule has 1 aliphatic rings. The third-order valence-corrected chi connectivity index (χ3v) is 4.16. The van der Waals surface area contributed by atoms with E-state index in [0.717, 1.165) is 17.3 Å². The molecule has 1 heterocycles. The van der Waals surface area contributed by atoms with E-state index in [4.69, 9.17) is 5.11 Å². The maximum atomic E-state index is 12.0. The Balaban J connectivity index is 1.80. The number of aliphatic hydroxyl groups is 1. The first kappa shape index (κ1) is 16.0. The summed E-state index contributed by atoms with van der Waals surface area (Å²) >= 11 is 3.31. The SMILES string of the molecule is O=C(NCC(=O)N1CCC(CCO)C1)c1cccc(Br)c1. The van der Waals surface area contributed by atoms with Crippen LogP contribution in [0.3, 0.4) is 0 Å². The number of rotatable bonds is 5.